The zero-order valence-corrected chi connectivity index (χ0v) is 14.6. The Kier molecular flexibility index (Phi) is 5.03. The normalized spacial score (nSPS) is 21.9. The van der Waals surface area contributed by atoms with Gasteiger partial charge in [-0.25, -0.2) is 4.90 Å². The topological polar surface area (TPSA) is 113 Å². The summed E-state index contributed by atoms with van der Waals surface area (Å²) in [4.78, 5) is 50.7. The summed E-state index contributed by atoms with van der Waals surface area (Å²) in [6, 6.07) is 6.10. The second-order valence-corrected chi connectivity index (χ2v) is 6.73. The highest BCUT2D eigenvalue weighted by atomic mass is 16.2. The van der Waals surface area contributed by atoms with Gasteiger partial charge in [0.05, 0.1) is 18.2 Å². The first kappa shape index (κ1) is 18.1. The Hall–Kier alpha value is -2.74. The Morgan fingerprint density at radius 2 is 1.73 bits per heavy atom. The third-order valence-corrected chi connectivity index (χ3v) is 4.94. The Labute approximate surface area is 151 Å². The summed E-state index contributed by atoms with van der Waals surface area (Å²) in [5, 5.41) is 2.65. The van der Waals surface area contributed by atoms with Crippen LogP contribution in [0.5, 0.6) is 0 Å². The summed E-state index contributed by atoms with van der Waals surface area (Å²) in [5.74, 6) is -1.15. The molecule has 0 aliphatic carbocycles. The summed E-state index contributed by atoms with van der Waals surface area (Å²) < 4.78 is 0. The molecule has 0 radical (unpaired) electrons. The van der Waals surface area contributed by atoms with E-state index in [0.29, 0.717) is 37.3 Å². The molecule has 2 aliphatic heterocycles. The van der Waals surface area contributed by atoms with E-state index in [1.165, 1.54) is 11.8 Å². The fourth-order valence-corrected chi connectivity index (χ4v) is 3.57. The van der Waals surface area contributed by atoms with Gasteiger partial charge in [0.15, 0.2) is 0 Å². The third-order valence-electron chi connectivity index (χ3n) is 4.94. The smallest absolute Gasteiger partial charge is 0.251 e. The lowest BCUT2D eigenvalue weighted by Crippen LogP contribution is -2.47. The maximum absolute atomic E-state index is 12.8. The predicted octanol–water partition coefficient (Wildman–Crippen LogP) is 0.474. The number of nitrogens with one attached hydrogen (secondary N) is 1. The molecule has 2 aliphatic rings. The molecule has 1 atom stereocenters. The molecule has 0 bridgehead atoms. The predicted molar refractivity (Wildman–Crippen MR) is 95.1 cm³/mol. The Balaban J connectivity index is 1.69. The Morgan fingerprint density at radius 1 is 1.12 bits per heavy atom. The van der Waals surface area contributed by atoms with Crippen LogP contribution in [0.2, 0.25) is 0 Å². The van der Waals surface area contributed by atoms with Crippen molar-refractivity contribution in [3.05, 3.63) is 24.3 Å². The molecule has 138 valence electrons. The lowest BCUT2D eigenvalue weighted by atomic mass is 9.95. The molecule has 2 heterocycles. The van der Waals surface area contributed by atoms with Gasteiger partial charge in [-0.15, -0.1) is 0 Å². The molecule has 4 amide bonds. The zero-order chi connectivity index (χ0) is 18.8. The highest BCUT2D eigenvalue weighted by molar-refractivity contribution is 6.22. The van der Waals surface area contributed by atoms with Crippen molar-refractivity contribution in [1.29, 1.82) is 0 Å². The van der Waals surface area contributed by atoms with Crippen molar-refractivity contribution >= 4 is 35.0 Å². The van der Waals surface area contributed by atoms with Gasteiger partial charge in [-0.1, -0.05) is 0 Å². The number of anilines is 2. The van der Waals surface area contributed by atoms with Crippen LogP contribution >= 0.6 is 0 Å². The van der Waals surface area contributed by atoms with Gasteiger partial charge in [-0.05, 0) is 50.2 Å². The van der Waals surface area contributed by atoms with Crippen molar-refractivity contribution in [1.82, 2.24) is 4.90 Å². The first-order valence-electron chi connectivity index (χ1n) is 8.64. The van der Waals surface area contributed by atoms with Crippen LogP contribution in [0, 0.1) is 5.92 Å². The van der Waals surface area contributed by atoms with Gasteiger partial charge in [0, 0.05) is 18.5 Å². The molecular weight excluding hydrogens is 336 g/mol. The zero-order valence-electron chi connectivity index (χ0n) is 14.6. The van der Waals surface area contributed by atoms with E-state index in [9.17, 15) is 19.2 Å². The van der Waals surface area contributed by atoms with Crippen LogP contribution in [0.1, 0.15) is 26.2 Å². The van der Waals surface area contributed by atoms with Gasteiger partial charge in [0.25, 0.3) is 5.91 Å². The molecule has 26 heavy (non-hydrogen) atoms. The molecule has 3 rings (SSSR count). The monoisotopic (exact) mass is 358 g/mol. The number of likely N-dealkylation sites (tertiary alicyclic amines) is 1. The first-order valence-corrected chi connectivity index (χ1v) is 8.64. The fraction of sp³-hybridized carbons (Fsp3) is 0.444. The molecule has 8 nitrogen and oxygen atoms in total. The van der Waals surface area contributed by atoms with Gasteiger partial charge in [-0.2, -0.15) is 0 Å². The van der Waals surface area contributed by atoms with Crippen LogP contribution in [0.15, 0.2) is 24.3 Å². The molecule has 0 spiro atoms. The van der Waals surface area contributed by atoms with E-state index >= 15 is 0 Å². The van der Waals surface area contributed by atoms with Gasteiger partial charge in [-0.3, -0.25) is 24.1 Å². The van der Waals surface area contributed by atoms with Gasteiger partial charge in [0.1, 0.15) is 0 Å². The second-order valence-electron chi connectivity index (χ2n) is 6.73. The van der Waals surface area contributed by atoms with E-state index in [1.807, 2.05) is 4.90 Å². The number of primary amides is 1. The summed E-state index contributed by atoms with van der Waals surface area (Å²) in [5.41, 5.74) is 6.43. The van der Waals surface area contributed by atoms with Crippen LogP contribution in [0.3, 0.4) is 0 Å². The maximum Gasteiger partial charge on any atom is 0.251 e. The quantitative estimate of drug-likeness (QED) is 0.760. The van der Waals surface area contributed by atoms with Crippen LogP contribution in [-0.2, 0) is 19.2 Å². The van der Waals surface area contributed by atoms with Crippen LogP contribution in [0.4, 0.5) is 11.4 Å². The summed E-state index contributed by atoms with van der Waals surface area (Å²) >= 11 is 0. The van der Waals surface area contributed by atoms with Crippen molar-refractivity contribution in [2.75, 3.05) is 23.3 Å². The molecule has 0 aromatic heterocycles. The van der Waals surface area contributed by atoms with E-state index in [0.717, 1.165) is 0 Å². The SMILES string of the molecule is CC(=O)Nc1ccc(N2C(=O)C[C@H](N3CCC(C(N)=O)CC3)C2=O)cc1. The number of imide groups is 1. The number of hydrogen-bond acceptors (Lipinski definition) is 5. The van der Waals surface area contributed by atoms with E-state index in [-0.39, 0.29) is 36.0 Å². The number of benzene rings is 1. The van der Waals surface area contributed by atoms with E-state index in [2.05, 4.69) is 5.32 Å². The average Bonchev–Trinajstić information content (AvgIpc) is 2.90. The maximum atomic E-state index is 12.8. The molecule has 1 aromatic rings. The molecule has 2 saturated heterocycles. The van der Waals surface area contributed by atoms with Crippen molar-refractivity contribution in [3.8, 4) is 0 Å². The van der Waals surface area contributed by atoms with Crippen LogP contribution < -0.4 is 16.0 Å². The number of hydrogen-bond donors (Lipinski definition) is 2. The van der Waals surface area contributed by atoms with Gasteiger partial charge in [0.2, 0.25) is 17.7 Å². The van der Waals surface area contributed by atoms with Crippen LogP contribution in [0.25, 0.3) is 0 Å². The minimum atomic E-state index is -0.494. The van der Waals surface area contributed by atoms with Crippen molar-refractivity contribution in [3.63, 3.8) is 0 Å². The number of carbonyl (C=O) groups excluding carboxylic acids is 4. The first-order chi connectivity index (χ1) is 12.4. The molecule has 8 heteroatoms. The molecule has 2 fully saturated rings. The third kappa shape index (κ3) is 3.60. The lowest BCUT2D eigenvalue weighted by Gasteiger charge is -2.33. The second kappa shape index (κ2) is 7.25. The van der Waals surface area contributed by atoms with E-state index in [1.54, 1.807) is 24.3 Å². The molecule has 1 aromatic carbocycles. The largest absolute Gasteiger partial charge is 0.369 e. The lowest BCUT2D eigenvalue weighted by molar-refractivity contribution is -0.124. The molecule has 0 unspecified atom stereocenters. The van der Waals surface area contributed by atoms with Crippen molar-refractivity contribution in [2.24, 2.45) is 11.7 Å². The average molecular weight is 358 g/mol. The van der Waals surface area contributed by atoms with Gasteiger partial charge >= 0.3 is 0 Å². The number of piperidine rings is 1. The van der Waals surface area contributed by atoms with Crippen molar-refractivity contribution < 1.29 is 19.2 Å². The van der Waals surface area contributed by atoms with Crippen LogP contribution in [-0.4, -0.2) is 47.7 Å². The molecular formula is C18H22N4O4. The Morgan fingerprint density at radius 3 is 2.27 bits per heavy atom. The number of amides is 4. The van der Waals surface area contributed by atoms with Crippen molar-refractivity contribution in [2.45, 2.75) is 32.2 Å². The number of nitrogens with two attached hydrogens (primary N) is 1. The summed E-state index contributed by atoms with van der Waals surface area (Å²) in [6.07, 6.45) is 1.35. The number of nitrogens with zero attached hydrogens (tertiary/aromatic N) is 2. The molecule has 3 N–H and O–H groups in total. The highest BCUT2D eigenvalue weighted by Gasteiger charge is 2.43. The van der Waals surface area contributed by atoms with E-state index < -0.39 is 6.04 Å². The highest BCUT2D eigenvalue weighted by Crippen LogP contribution is 2.29. The van der Waals surface area contributed by atoms with E-state index in [4.69, 9.17) is 5.73 Å². The fourth-order valence-electron chi connectivity index (χ4n) is 3.57. The minimum absolute atomic E-state index is 0.132. The Bertz CT molecular complexity index is 738. The molecule has 0 saturated carbocycles. The summed E-state index contributed by atoms with van der Waals surface area (Å²) in [7, 11) is 0. The standard InChI is InChI=1S/C18H22N4O4/c1-11(23)20-13-2-4-14(5-3-13)22-16(24)10-15(18(22)26)21-8-6-12(7-9-21)17(19)25/h2-5,12,15H,6-10H2,1H3,(H2,19,25)(H,20,23)/t15-/m0/s1. The minimum Gasteiger partial charge on any atom is -0.369 e. The van der Waals surface area contributed by atoms with Gasteiger partial charge < -0.3 is 11.1 Å². The number of carbonyl (C=O) groups is 4. The summed E-state index contributed by atoms with van der Waals surface area (Å²) in [6.45, 7) is 2.56. The number of rotatable bonds is 4.